The molecule has 0 atom stereocenters. The van der Waals surface area contributed by atoms with Gasteiger partial charge in [0.1, 0.15) is 22.3 Å². The molecule has 15 rings (SSSR count). The Morgan fingerprint density at radius 3 is 1.04 bits per heavy atom. The minimum Gasteiger partial charge on any atom is -0.456 e. The van der Waals surface area contributed by atoms with E-state index in [-0.39, 0.29) is 0 Å². The molecule has 4 heterocycles. The fourth-order valence-electron chi connectivity index (χ4n) is 16.0. The van der Waals surface area contributed by atoms with Gasteiger partial charge in [-0.15, -0.1) is 0 Å². The molecule has 436 valence electrons. The second kappa shape index (κ2) is 20.9. The Bertz CT molecular complexity index is 5470. The average Bonchev–Trinajstić information content (AvgIpc) is 1.75. The molecule has 0 radical (unpaired) electrons. The van der Waals surface area contributed by atoms with Crippen LogP contribution in [0.25, 0.3) is 144 Å². The molecule has 0 aliphatic heterocycles. The van der Waals surface area contributed by atoms with Gasteiger partial charge in [-0.25, -0.2) is 0 Å². The van der Waals surface area contributed by atoms with Crippen LogP contribution < -0.4 is 0 Å². The third-order valence-corrected chi connectivity index (χ3v) is 19.4. The van der Waals surface area contributed by atoms with Crippen LogP contribution in [0.15, 0.2) is 185 Å². The maximum Gasteiger partial charge on any atom is 0.135 e. The van der Waals surface area contributed by atoms with Crippen LogP contribution in [-0.2, 0) is 0 Å². The minimum atomic E-state index is 0.880. The summed E-state index contributed by atoms with van der Waals surface area (Å²) in [4.78, 5) is 0. The first-order chi connectivity index (χ1) is 42.9. The SMILES string of the molecule is CC/C(=C\c1c(C)n(-c2ccc3oc4ccc(-c5c(C)cc(C)cc5C)cc4c3c2)c2ccc(-c3ccc4c(c3)c3cc(-c5c(C)cc(C)cc5C)ccc3n4-c3ccc4oc5ccc(-c6c(C)cc(C)cc6C)cc5c4c3)cc12)c1c(C)cc(C)cc1C. The first kappa shape index (κ1) is 55.7. The number of benzene rings is 11. The van der Waals surface area contributed by atoms with Gasteiger partial charge in [-0.2, -0.15) is 0 Å². The molecule has 4 nitrogen and oxygen atoms in total. The van der Waals surface area contributed by atoms with Crippen molar-refractivity contribution in [3.8, 4) is 55.9 Å². The summed E-state index contributed by atoms with van der Waals surface area (Å²) in [6, 6.07) is 66.7. The molecular formula is C85H74N2O2. The maximum atomic E-state index is 6.61. The van der Waals surface area contributed by atoms with Crippen molar-refractivity contribution in [3.63, 3.8) is 0 Å². The lowest BCUT2D eigenvalue weighted by molar-refractivity contribution is 0.668. The van der Waals surface area contributed by atoms with Gasteiger partial charge in [-0.1, -0.05) is 108 Å². The van der Waals surface area contributed by atoms with Crippen molar-refractivity contribution in [1.82, 2.24) is 9.13 Å². The van der Waals surface area contributed by atoms with Crippen molar-refractivity contribution >= 4 is 88.2 Å². The summed E-state index contributed by atoms with van der Waals surface area (Å²) in [5, 5.41) is 8.08. The second-order valence-corrected chi connectivity index (χ2v) is 26.0. The second-order valence-electron chi connectivity index (χ2n) is 26.0. The molecule has 0 unspecified atom stereocenters. The highest BCUT2D eigenvalue weighted by molar-refractivity contribution is 6.14. The maximum absolute atomic E-state index is 6.61. The van der Waals surface area contributed by atoms with Crippen LogP contribution in [0.1, 0.15) is 96.9 Å². The van der Waals surface area contributed by atoms with E-state index in [0.717, 1.165) is 78.2 Å². The Labute approximate surface area is 522 Å². The number of fused-ring (bicyclic) bond motifs is 10. The molecule has 0 saturated carbocycles. The molecule has 4 heteroatoms. The summed E-state index contributed by atoms with van der Waals surface area (Å²) in [6.45, 7) is 31.3. The lowest BCUT2D eigenvalue weighted by Crippen LogP contribution is -1.97. The zero-order valence-electron chi connectivity index (χ0n) is 53.7. The van der Waals surface area contributed by atoms with E-state index in [1.54, 1.807) is 0 Å². The largest absolute Gasteiger partial charge is 0.456 e. The van der Waals surface area contributed by atoms with Crippen molar-refractivity contribution in [3.05, 3.63) is 260 Å². The van der Waals surface area contributed by atoms with E-state index in [2.05, 4.69) is 288 Å². The fraction of sp³-hybridized carbons (Fsp3) is 0.176. The third-order valence-electron chi connectivity index (χ3n) is 19.4. The summed E-state index contributed by atoms with van der Waals surface area (Å²) in [5.41, 5.74) is 39.6. The normalized spacial score (nSPS) is 12.3. The van der Waals surface area contributed by atoms with E-state index in [1.807, 2.05) is 0 Å². The predicted molar refractivity (Wildman–Crippen MR) is 380 cm³/mol. The average molecular weight is 1160 g/mol. The molecular weight excluding hydrogens is 1080 g/mol. The van der Waals surface area contributed by atoms with Gasteiger partial charge < -0.3 is 18.0 Å². The molecule has 11 aromatic carbocycles. The molecule has 0 N–H and O–H groups in total. The van der Waals surface area contributed by atoms with Crippen LogP contribution in [0.2, 0.25) is 0 Å². The van der Waals surface area contributed by atoms with Crippen LogP contribution in [0.4, 0.5) is 0 Å². The van der Waals surface area contributed by atoms with Gasteiger partial charge in [-0.05, 0) is 300 Å². The van der Waals surface area contributed by atoms with Crippen LogP contribution in [0.5, 0.6) is 0 Å². The lowest BCUT2D eigenvalue weighted by atomic mass is 9.90. The smallest absolute Gasteiger partial charge is 0.135 e. The standard InChI is InChI=1S/C85H74N2O2/c1-15-59(82-50(6)30-46(2)31-51(82)7)38-67-58(14)86(65-21-28-80-73(44-65)71-42-63(19-26-78(71)88-80)84-54(10)34-48(4)35-55(84)11)75-23-16-60(39-68(67)75)61-17-24-76-69(40-61)70-41-62(83-52(8)32-47(3)33-53(83)9)18-25-77(70)87(76)66-22-29-81-74(45-66)72-43-64(20-27-79(72)89-81)85-56(12)36-49(5)37-57(85)13/h16-45H,15H2,1-14H3/b59-38+. The van der Waals surface area contributed by atoms with Crippen molar-refractivity contribution in [2.75, 3.05) is 0 Å². The Kier molecular flexibility index (Phi) is 13.1. The number of hydrogen-bond donors (Lipinski definition) is 0. The van der Waals surface area contributed by atoms with E-state index in [9.17, 15) is 0 Å². The first-order valence-corrected chi connectivity index (χ1v) is 31.6. The van der Waals surface area contributed by atoms with Gasteiger partial charge in [0, 0.05) is 60.3 Å². The number of rotatable bonds is 9. The van der Waals surface area contributed by atoms with Gasteiger partial charge in [0.05, 0.1) is 16.6 Å². The number of hydrogen-bond acceptors (Lipinski definition) is 2. The molecule has 0 spiro atoms. The fourth-order valence-corrected chi connectivity index (χ4v) is 16.0. The summed E-state index contributed by atoms with van der Waals surface area (Å²) in [5.74, 6) is 0. The highest BCUT2D eigenvalue weighted by Crippen LogP contribution is 2.45. The van der Waals surface area contributed by atoms with Gasteiger partial charge in [0.25, 0.3) is 0 Å². The highest BCUT2D eigenvalue weighted by Gasteiger charge is 2.23. The van der Waals surface area contributed by atoms with E-state index in [1.165, 1.54) is 150 Å². The molecule has 0 fully saturated rings. The summed E-state index contributed by atoms with van der Waals surface area (Å²) in [6.07, 6.45) is 3.39. The molecule has 0 aliphatic rings. The molecule has 0 bridgehead atoms. The number of allylic oxidation sites excluding steroid dienone is 1. The number of aromatic nitrogens is 2. The molecule has 89 heavy (non-hydrogen) atoms. The van der Waals surface area contributed by atoms with Crippen molar-refractivity contribution < 1.29 is 8.83 Å². The molecule has 4 aromatic heterocycles. The van der Waals surface area contributed by atoms with E-state index < -0.39 is 0 Å². The van der Waals surface area contributed by atoms with Crippen molar-refractivity contribution in [2.24, 2.45) is 0 Å². The third kappa shape index (κ3) is 9.09. The number of aryl methyl sites for hydroxylation is 12. The van der Waals surface area contributed by atoms with Crippen LogP contribution in [-0.4, -0.2) is 9.13 Å². The molecule has 0 amide bonds. The zero-order chi connectivity index (χ0) is 61.6. The molecule has 0 aliphatic carbocycles. The Morgan fingerprint density at radius 1 is 0.315 bits per heavy atom. The molecule has 15 aromatic rings. The topological polar surface area (TPSA) is 36.1 Å². The van der Waals surface area contributed by atoms with Gasteiger partial charge in [0.15, 0.2) is 0 Å². The Morgan fingerprint density at radius 2 is 0.629 bits per heavy atom. The minimum absolute atomic E-state index is 0.880. The van der Waals surface area contributed by atoms with Crippen LogP contribution >= 0.6 is 0 Å². The lowest BCUT2D eigenvalue weighted by Gasteiger charge is -2.15. The quantitative estimate of drug-likeness (QED) is 0.144. The monoisotopic (exact) mass is 1150 g/mol. The number of furan rings is 2. The van der Waals surface area contributed by atoms with Crippen LogP contribution in [0, 0.1) is 90.0 Å². The first-order valence-electron chi connectivity index (χ1n) is 31.6. The van der Waals surface area contributed by atoms with Gasteiger partial charge in [-0.3, -0.25) is 0 Å². The van der Waals surface area contributed by atoms with Gasteiger partial charge >= 0.3 is 0 Å². The summed E-state index contributed by atoms with van der Waals surface area (Å²) < 4.78 is 18.2. The summed E-state index contributed by atoms with van der Waals surface area (Å²) >= 11 is 0. The highest BCUT2D eigenvalue weighted by atomic mass is 16.3. The predicted octanol–water partition coefficient (Wildman–Crippen LogP) is 24.2. The zero-order valence-corrected chi connectivity index (χ0v) is 53.7. The van der Waals surface area contributed by atoms with Crippen molar-refractivity contribution in [1.29, 1.82) is 0 Å². The number of nitrogens with zero attached hydrogens (tertiary/aromatic N) is 2. The Balaban J connectivity index is 0.927. The van der Waals surface area contributed by atoms with Crippen molar-refractivity contribution in [2.45, 2.75) is 103 Å². The molecule has 0 saturated heterocycles. The summed E-state index contributed by atoms with van der Waals surface area (Å²) in [7, 11) is 0. The Hall–Kier alpha value is -9.90. The van der Waals surface area contributed by atoms with Gasteiger partial charge in [0.2, 0.25) is 0 Å². The van der Waals surface area contributed by atoms with E-state index in [4.69, 9.17) is 8.83 Å². The van der Waals surface area contributed by atoms with E-state index in [0.29, 0.717) is 0 Å². The van der Waals surface area contributed by atoms with Crippen LogP contribution in [0.3, 0.4) is 0 Å². The van der Waals surface area contributed by atoms with E-state index >= 15 is 0 Å².